The zero-order chi connectivity index (χ0) is 21.6. The summed E-state index contributed by atoms with van der Waals surface area (Å²) in [5, 5.41) is 10.1. The molecule has 7 heteroatoms. The molecule has 0 spiro atoms. The molecule has 2 aromatic carbocycles. The van der Waals surface area contributed by atoms with Crippen molar-refractivity contribution in [1.29, 1.82) is 0 Å². The lowest BCUT2D eigenvalue weighted by molar-refractivity contribution is -0.157. The van der Waals surface area contributed by atoms with Crippen LogP contribution in [-0.4, -0.2) is 36.5 Å². The number of rotatable bonds is 10. The van der Waals surface area contributed by atoms with Crippen LogP contribution in [0.3, 0.4) is 0 Å². The maximum absolute atomic E-state index is 11.7. The third-order valence-corrected chi connectivity index (χ3v) is 5.43. The van der Waals surface area contributed by atoms with E-state index in [-0.39, 0.29) is 0 Å². The summed E-state index contributed by atoms with van der Waals surface area (Å²) in [7, 11) is 0. The van der Waals surface area contributed by atoms with Crippen LogP contribution < -0.4 is 18.9 Å². The van der Waals surface area contributed by atoms with Gasteiger partial charge in [-0.25, -0.2) is 4.79 Å². The van der Waals surface area contributed by atoms with E-state index in [9.17, 15) is 9.90 Å². The molecular formula is C23H27ClO6. The molecule has 1 heterocycles. The van der Waals surface area contributed by atoms with Crippen molar-refractivity contribution in [3.63, 3.8) is 0 Å². The number of hydrogen-bond donors (Lipinski definition) is 1. The van der Waals surface area contributed by atoms with Crippen molar-refractivity contribution in [1.82, 2.24) is 0 Å². The van der Waals surface area contributed by atoms with Gasteiger partial charge in [0.25, 0.3) is 0 Å². The molecule has 6 nitrogen and oxygen atoms in total. The first-order valence-corrected chi connectivity index (χ1v) is 10.6. The van der Waals surface area contributed by atoms with Crippen molar-refractivity contribution in [2.45, 2.75) is 45.1 Å². The van der Waals surface area contributed by atoms with Crippen LogP contribution in [0, 0.1) is 0 Å². The van der Waals surface area contributed by atoms with E-state index in [1.54, 1.807) is 18.2 Å². The molecule has 0 radical (unpaired) electrons. The van der Waals surface area contributed by atoms with Crippen molar-refractivity contribution in [3.8, 4) is 23.0 Å². The smallest absolute Gasteiger partial charge is 0.348 e. The van der Waals surface area contributed by atoms with Crippen LogP contribution in [0.5, 0.6) is 23.0 Å². The van der Waals surface area contributed by atoms with Crippen LogP contribution in [-0.2, 0) is 11.2 Å². The van der Waals surface area contributed by atoms with E-state index in [1.807, 2.05) is 32.0 Å². The Morgan fingerprint density at radius 3 is 2.53 bits per heavy atom. The van der Waals surface area contributed by atoms with Crippen LogP contribution in [0.25, 0.3) is 0 Å². The predicted molar refractivity (Wildman–Crippen MR) is 114 cm³/mol. The first-order valence-electron chi connectivity index (χ1n) is 10.2. The van der Waals surface area contributed by atoms with Gasteiger partial charge in [-0.05, 0) is 43.5 Å². The fourth-order valence-corrected chi connectivity index (χ4v) is 3.59. The van der Waals surface area contributed by atoms with E-state index in [4.69, 9.17) is 30.5 Å². The number of aliphatic carboxylic acids is 1. The molecule has 1 atom stereocenters. The van der Waals surface area contributed by atoms with Crippen molar-refractivity contribution in [3.05, 3.63) is 47.0 Å². The number of carboxylic acid groups (broad SMARTS) is 1. The SMILES string of the molecule is CCOc1ccc(OCCCOc2ccc3c(c2)O[C@@](CC)(C(=O)O)CC3)c(Cl)c1. The van der Waals surface area contributed by atoms with E-state index in [0.717, 1.165) is 5.56 Å². The quantitative estimate of drug-likeness (QED) is 0.521. The van der Waals surface area contributed by atoms with Crippen molar-refractivity contribution >= 4 is 17.6 Å². The van der Waals surface area contributed by atoms with Gasteiger partial charge in [-0.15, -0.1) is 0 Å². The molecule has 0 amide bonds. The average Bonchev–Trinajstić information content (AvgIpc) is 2.74. The Morgan fingerprint density at radius 1 is 1.10 bits per heavy atom. The minimum absolute atomic E-state index is 0.415. The number of carbonyl (C=O) groups is 1. The molecule has 0 saturated carbocycles. The highest BCUT2D eigenvalue weighted by atomic mass is 35.5. The Labute approximate surface area is 181 Å². The number of benzene rings is 2. The zero-order valence-electron chi connectivity index (χ0n) is 17.3. The summed E-state index contributed by atoms with van der Waals surface area (Å²) in [5.41, 5.74) is -0.155. The minimum atomic E-state index is -1.16. The molecule has 1 aliphatic heterocycles. The molecule has 3 rings (SSSR count). The van der Waals surface area contributed by atoms with Gasteiger partial charge < -0.3 is 24.1 Å². The highest BCUT2D eigenvalue weighted by Gasteiger charge is 2.42. The molecule has 0 fully saturated rings. The summed E-state index contributed by atoms with van der Waals surface area (Å²) in [6, 6.07) is 10.9. The highest BCUT2D eigenvalue weighted by Crippen LogP contribution is 2.37. The lowest BCUT2D eigenvalue weighted by Gasteiger charge is -2.34. The lowest BCUT2D eigenvalue weighted by Crippen LogP contribution is -2.46. The molecule has 2 aromatic rings. The van der Waals surface area contributed by atoms with Crippen molar-refractivity contribution in [2.24, 2.45) is 0 Å². The summed E-state index contributed by atoms with van der Waals surface area (Å²) < 4.78 is 22.8. The summed E-state index contributed by atoms with van der Waals surface area (Å²) in [5.74, 6) is 1.62. The summed E-state index contributed by atoms with van der Waals surface area (Å²) in [6.45, 7) is 5.23. The fourth-order valence-electron chi connectivity index (χ4n) is 3.36. The number of halogens is 1. The Balaban J connectivity index is 1.49. The van der Waals surface area contributed by atoms with Gasteiger partial charge in [-0.3, -0.25) is 0 Å². The monoisotopic (exact) mass is 434 g/mol. The maximum Gasteiger partial charge on any atom is 0.348 e. The van der Waals surface area contributed by atoms with Gasteiger partial charge in [0.1, 0.15) is 23.0 Å². The number of fused-ring (bicyclic) bond motifs is 1. The third-order valence-electron chi connectivity index (χ3n) is 5.13. The molecular weight excluding hydrogens is 408 g/mol. The minimum Gasteiger partial charge on any atom is -0.494 e. The molecule has 1 N–H and O–H groups in total. The fraction of sp³-hybridized carbons (Fsp3) is 0.435. The van der Waals surface area contributed by atoms with E-state index in [0.29, 0.717) is 73.5 Å². The van der Waals surface area contributed by atoms with Gasteiger partial charge in [0.15, 0.2) is 0 Å². The first kappa shape index (κ1) is 22.1. The Bertz CT molecular complexity index is 884. The normalized spacial score (nSPS) is 17.6. The second-order valence-corrected chi connectivity index (χ2v) is 7.51. The van der Waals surface area contributed by atoms with E-state index >= 15 is 0 Å². The average molecular weight is 435 g/mol. The number of aryl methyl sites for hydroxylation is 1. The Hall–Kier alpha value is -2.60. The van der Waals surface area contributed by atoms with Crippen LogP contribution in [0.15, 0.2) is 36.4 Å². The molecule has 1 aliphatic rings. The van der Waals surface area contributed by atoms with Gasteiger partial charge in [0.2, 0.25) is 5.60 Å². The van der Waals surface area contributed by atoms with Crippen LogP contribution in [0.4, 0.5) is 0 Å². The lowest BCUT2D eigenvalue weighted by atomic mass is 9.89. The molecule has 30 heavy (non-hydrogen) atoms. The van der Waals surface area contributed by atoms with Crippen molar-refractivity contribution in [2.75, 3.05) is 19.8 Å². The Kier molecular flexibility index (Phi) is 7.32. The van der Waals surface area contributed by atoms with Gasteiger partial charge >= 0.3 is 5.97 Å². The van der Waals surface area contributed by atoms with E-state index < -0.39 is 11.6 Å². The second-order valence-electron chi connectivity index (χ2n) is 7.10. The van der Waals surface area contributed by atoms with E-state index in [2.05, 4.69) is 0 Å². The summed E-state index contributed by atoms with van der Waals surface area (Å²) >= 11 is 6.21. The molecule has 0 saturated heterocycles. The molecule has 0 bridgehead atoms. The summed E-state index contributed by atoms with van der Waals surface area (Å²) in [4.78, 5) is 11.7. The van der Waals surface area contributed by atoms with Gasteiger partial charge in [0.05, 0.1) is 24.8 Å². The van der Waals surface area contributed by atoms with Gasteiger partial charge in [0, 0.05) is 25.0 Å². The van der Waals surface area contributed by atoms with Crippen molar-refractivity contribution < 1.29 is 28.8 Å². The van der Waals surface area contributed by atoms with Crippen LogP contribution in [0.2, 0.25) is 5.02 Å². The van der Waals surface area contributed by atoms with E-state index in [1.165, 1.54) is 0 Å². The number of carboxylic acids is 1. The van der Waals surface area contributed by atoms with Gasteiger partial charge in [-0.1, -0.05) is 24.6 Å². The van der Waals surface area contributed by atoms with Crippen LogP contribution >= 0.6 is 11.6 Å². The third kappa shape index (κ3) is 5.11. The topological polar surface area (TPSA) is 74.2 Å². The number of hydrogen-bond acceptors (Lipinski definition) is 5. The molecule has 162 valence electrons. The largest absolute Gasteiger partial charge is 0.494 e. The Morgan fingerprint density at radius 2 is 1.83 bits per heavy atom. The highest BCUT2D eigenvalue weighted by molar-refractivity contribution is 6.32. The number of ether oxygens (including phenoxy) is 4. The maximum atomic E-state index is 11.7. The van der Waals surface area contributed by atoms with Crippen LogP contribution in [0.1, 0.15) is 38.7 Å². The zero-order valence-corrected chi connectivity index (χ0v) is 18.0. The molecule has 0 aromatic heterocycles. The standard InChI is InChI=1S/C23H27ClO6/c1-3-23(22(25)26)11-10-16-6-7-18(15-21(16)30-23)28-12-5-13-29-20-9-8-17(27-4-2)14-19(20)24/h6-9,14-15H,3-5,10-13H2,1-2H3,(H,25,26)/t23-/m1/s1. The summed E-state index contributed by atoms with van der Waals surface area (Å²) in [6.07, 6.45) is 2.22. The molecule has 0 unspecified atom stereocenters. The second kappa shape index (κ2) is 9.94. The van der Waals surface area contributed by atoms with Gasteiger partial charge in [-0.2, -0.15) is 0 Å². The predicted octanol–water partition coefficient (Wildman–Crippen LogP) is 5.15. The first-order chi connectivity index (χ1) is 14.5. The molecule has 0 aliphatic carbocycles.